The Morgan fingerprint density at radius 3 is 2.55 bits per heavy atom. The van der Waals surface area contributed by atoms with Gasteiger partial charge in [-0.2, -0.15) is 0 Å². The number of likely N-dealkylation sites (N-methyl/N-ethyl adjacent to an activating group) is 1. The van der Waals surface area contributed by atoms with Gasteiger partial charge >= 0.3 is 0 Å². The van der Waals surface area contributed by atoms with Gasteiger partial charge in [-0.05, 0) is 30.2 Å². The molecule has 0 heterocycles. The van der Waals surface area contributed by atoms with Crippen molar-refractivity contribution in [3.05, 3.63) is 59.7 Å². The molecule has 0 fully saturated rings. The minimum absolute atomic E-state index is 0.0627. The number of nitrogen functional groups attached to an aromatic ring is 1. The second-order valence-corrected chi connectivity index (χ2v) is 4.74. The summed E-state index contributed by atoms with van der Waals surface area (Å²) < 4.78 is 0. The molecule has 4 heteroatoms. The molecule has 0 saturated carbocycles. The number of hydrogen-bond acceptors (Lipinski definition) is 3. The highest BCUT2D eigenvalue weighted by Crippen LogP contribution is 2.21. The van der Waals surface area contributed by atoms with Gasteiger partial charge < -0.3 is 15.7 Å². The molecule has 4 nitrogen and oxygen atoms in total. The van der Waals surface area contributed by atoms with E-state index in [0.717, 1.165) is 6.42 Å². The van der Waals surface area contributed by atoms with Crippen LogP contribution in [0, 0.1) is 0 Å². The number of anilines is 1. The molecule has 0 saturated heterocycles. The van der Waals surface area contributed by atoms with Crippen molar-refractivity contribution in [3.8, 4) is 5.75 Å². The molecule has 0 aliphatic rings. The van der Waals surface area contributed by atoms with Crippen LogP contribution >= 0.6 is 0 Å². The topological polar surface area (TPSA) is 66.6 Å². The molecule has 0 atom stereocenters. The molecular formula is C16H18N2O2. The highest BCUT2D eigenvalue weighted by atomic mass is 16.3. The number of amides is 1. The molecule has 0 unspecified atom stereocenters. The van der Waals surface area contributed by atoms with E-state index in [1.54, 1.807) is 18.0 Å². The van der Waals surface area contributed by atoms with Gasteiger partial charge in [-0.25, -0.2) is 0 Å². The Balaban J connectivity index is 1.99. The molecular weight excluding hydrogens is 252 g/mol. The maximum absolute atomic E-state index is 12.2. The first kappa shape index (κ1) is 13.9. The highest BCUT2D eigenvalue weighted by Gasteiger charge is 2.12. The first-order chi connectivity index (χ1) is 9.58. The molecule has 0 radical (unpaired) electrons. The van der Waals surface area contributed by atoms with Gasteiger partial charge in [0, 0.05) is 19.2 Å². The molecule has 104 valence electrons. The highest BCUT2D eigenvalue weighted by molar-refractivity contribution is 5.95. The molecule has 20 heavy (non-hydrogen) atoms. The summed E-state index contributed by atoms with van der Waals surface area (Å²) in [7, 11) is 1.75. The van der Waals surface area contributed by atoms with Crippen molar-refractivity contribution in [1.82, 2.24) is 4.90 Å². The van der Waals surface area contributed by atoms with Crippen molar-refractivity contribution < 1.29 is 9.90 Å². The molecule has 0 aromatic heterocycles. The molecule has 2 aromatic carbocycles. The van der Waals surface area contributed by atoms with E-state index in [1.807, 2.05) is 30.3 Å². The Morgan fingerprint density at radius 1 is 1.20 bits per heavy atom. The summed E-state index contributed by atoms with van der Waals surface area (Å²) in [5.41, 5.74) is 7.42. The summed E-state index contributed by atoms with van der Waals surface area (Å²) in [5, 5.41) is 9.54. The molecule has 1 amide bonds. The van der Waals surface area contributed by atoms with Gasteiger partial charge in [-0.1, -0.05) is 30.3 Å². The fraction of sp³-hybridized carbons (Fsp3) is 0.188. The van der Waals surface area contributed by atoms with Crippen molar-refractivity contribution in [1.29, 1.82) is 0 Å². The lowest BCUT2D eigenvalue weighted by Crippen LogP contribution is -2.28. The average molecular weight is 270 g/mol. The van der Waals surface area contributed by atoms with Crippen molar-refractivity contribution in [2.45, 2.75) is 6.42 Å². The van der Waals surface area contributed by atoms with Crippen LogP contribution in [0.15, 0.2) is 48.5 Å². The van der Waals surface area contributed by atoms with Gasteiger partial charge in [0.25, 0.3) is 5.91 Å². The zero-order chi connectivity index (χ0) is 14.5. The predicted octanol–water partition coefficient (Wildman–Crippen LogP) is 2.29. The lowest BCUT2D eigenvalue weighted by molar-refractivity contribution is 0.0796. The van der Waals surface area contributed by atoms with Crippen LogP contribution in [-0.4, -0.2) is 29.5 Å². The lowest BCUT2D eigenvalue weighted by atomic mass is 10.1. The molecule has 0 bridgehead atoms. The van der Waals surface area contributed by atoms with E-state index in [9.17, 15) is 9.90 Å². The van der Waals surface area contributed by atoms with Gasteiger partial charge in [-0.15, -0.1) is 0 Å². The van der Waals surface area contributed by atoms with E-state index in [0.29, 0.717) is 12.1 Å². The zero-order valence-corrected chi connectivity index (χ0v) is 11.4. The SMILES string of the molecule is CN(CCc1ccccc1)C(=O)c1ccc(N)c(O)c1. The van der Waals surface area contributed by atoms with E-state index < -0.39 is 0 Å². The predicted molar refractivity (Wildman–Crippen MR) is 79.6 cm³/mol. The van der Waals surface area contributed by atoms with Crippen LogP contribution < -0.4 is 5.73 Å². The smallest absolute Gasteiger partial charge is 0.253 e. The summed E-state index contributed by atoms with van der Waals surface area (Å²) in [6, 6.07) is 14.6. The summed E-state index contributed by atoms with van der Waals surface area (Å²) in [5.74, 6) is -0.191. The fourth-order valence-corrected chi connectivity index (χ4v) is 1.94. The summed E-state index contributed by atoms with van der Waals surface area (Å²) in [4.78, 5) is 13.8. The van der Waals surface area contributed by atoms with E-state index in [-0.39, 0.29) is 17.3 Å². The van der Waals surface area contributed by atoms with Gasteiger partial charge in [0.1, 0.15) is 5.75 Å². The van der Waals surface area contributed by atoms with Crippen LogP contribution in [-0.2, 0) is 6.42 Å². The van der Waals surface area contributed by atoms with E-state index in [1.165, 1.54) is 17.7 Å². The number of benzene rings is 2. The molecule has 2 aromatic rings. The average Bonchev–Trinajstić information content (AvgIpc) is 2.48. The second-order valence-electron chi connectivity index (χ2n) is 4.74. The standard InChI is InChI=1S/C16H18N2O2/c1-18(10-9-12-5-3-2-4-6-12)16(20)13-7-8-14(17)15(19)11-13/h2-8,11,19H,9-10,17H2,1H3. The first-order valence-corrected chi connectivity index (χ1v) is 6.46. The molecule has 0 spiro atoms. The third kappa shape index (κ3) is 3.29. The normalized spacial score (nSPS) is 10.2. The fourth-order valence-electron chi connectivity index (χ4n) is 1.94. The summed E-state index contributed by atoms with van der Waals surface area (Å²) in [6.07, 6.45) is 0.796. The third-order valence-corrected chi connectivity index (χ3v) is 3.20. The first-order valence-electron chi connectivity index (χ1n) is 6.46. The number of nitrogens with zero attached hydrogens (tertiary/aromatic N) is 1. The minimum atomic E-state index is -0.128. The van der Waals surface area contributed by atoms with Crippen LogP contribution in [0.1, 0.15) is 15.9 Å². The van der Waals surface area contributed by atoms with Crippen LogP contribution in [0.4, 0.5) is 5.69 Å². The number of nitrogens with two attached hydrogens (primary N) is 1. The molecule has 2 rings (SSSR count). The van der Waals surface area contributed by atoms with Crippen LogP contribution in [0.5, 0.6) is 5.75 Å². The molecule has 3 N–H and O–H groups in total. The molecule has 0 aliphatic heterocycles. The van der Waals surface area contributed by atoms with E-state index >= 15 is 0 Å². The van der Waals surface area contributed by atoms with Crippen LogP contribution in [0.25, 0.3) is 0 Å². The Hall–Kier alpha value is -2.49. The third-order valence-electron chi connectivity index (χ3n) is 3.20. The van der Waals surface area contributed by atoms with Crippen LogP contribution in [0.2, 0.25) is 0 Å². The second kappa shape index (κ2) is 6.10. The lowest BCUT2D eigenvalue weighted by Gasteiger charge is -2.17. The number of aromatic hydroxyl groups is 1. The van der Waals surface area contributed by atoms with Crippen molar-refractivity contribution in [2.24, 2.45) is 0 Å². The monoisotopic (exact) mass is 270 g/mol. The number of phenolic OH excluding ortho intramolecular Hbond substituents is 1. The number of hydrogen-bond donors (Lipinski definition) is 2. The number of carbonyl (C=O) groups is 1. The maximum atomic E-state index is 12.2. The van der Waals surface area contributed by atoms with E-state index in [4.69, 9.17) is 5.73 Å². The van der Waals surface area contributed by atoms with E-state index in [2.05, 4.69) is 0 Å². The minimum Gasteiger partial charge on any atom is -0.506 e. The van der Waals surface area contributed by atoms with Crippen molar-refractivity contribution >= 4 is 11.6 Å². The number of rotatable bonds is 4. The van der Waals surface area contributed by atoms with Gasteiger partial charge in [-0.3, -0.25) is 4.79 Å². The Morgan fingerprint density at radius 2 is 1.90 bits per heavy atom. The molecule has 0 aliphatic carbocycles. The Kier molecular flexibility index (Phi) is 4.25. The number of phenols is 1. The number of carbonyl (C=O) groups excluding carboxylic acids is 1. The quantitative estimate of drug-likeness (QED) is 0.661. The van der Waals surface area contributed by atoms with Crippen LogP contribution in [0.3, 0.4) is 0 Å². The largest absolute Gasteiger partial charge is 0.506 e. The Labute approximate surface area is 118 Å². The Bertz CT molecular complexity index is 597. The van der Waals surface area contributed by atoms with Crippen molar-refractivity contribution in [2.75, 3.05) is 19.3 Å². The van der Waals surface area contributed by atoms with Gasteiger partial charge in [0.15, 0.2) is 0 Å². The van der Waals surface area contributed by atoms with Crippen molar-refractivity contribution in [3.63, 3.8) is 0 Å². The zero-order valence-electron chi connectivity index (χ0n) is 11.4. The van der Waals surface area contributed by atoms with Gasteiger partial charge in [0.2, 0.25) is 0 Å². The summed E-state index contributed by atoms with van der Waals surface area (Å²) in [6.45, 7) is 0.619. The summed E-state index contributed by atoms with van der Waals surface area (Å²) >= 11 is 0. The maximum Gasteiger partial charge on any atom is 0.253 e. The van der Waals surface area contributed by atoms with Gasteiger partial charge in [0.05, 0.1) is 5.69 Å².